The highest BCUT2D eigenvalue weighted by Crippen LogP contribution is 2.19. The molecule has 0 aliphatic carbocycles. The number of carbonyl (C=O) groups excluding carboxylic acids is 1. The summed E-state index contributed by atoms with van der Waals surface area (Å²) in [6, 6.07) is 24.6. The smallest absolute Gasteiger partial charge is 0.253 e. The summed E-state index contributed by atoms with van der Waals surface area (Å²) in [4.78, 5) is 12.9. The Labute approximate surface area is 182 Å². The molecule has 0 heterocycles. The van der Waals surface area contributed by atoms with Crippen molar-refractivity contribution in [3.05, 3.63) is 90.0 Å². The van der Waals surface area contributed by atoms with E-state index in [1.54, 1.807) is 6.07 Å². The van der Waals surface area contributed by atoms with Crippen LogP contribution in [0.2, 0.25) is 0 Å². The molecular formula is C24H25N3O2S. The first kappa shape index (κ1) is 21.3. The van der Waals surface area contributed by atoms with Crippen molar-refractivity contribution >= 4 is 34.6 Å². The Morgan fingerprint density at radius 2 is 1.60 bits per heavy atom. The number of ether oxygens (including phenoxy) is 1. The summed E-state index contributed by atoms with van der Waals surface area (Å²) in [6.07, 6.45) is 0. The zero-order valence-electron chi connectivity index (χ0n) is 17.0. The van der Waals surface area contributed by atoms with Crippen LogP contribution in [0.4, 0.5) is 11.4 Å². The van der Waals surface area contributed by atoms with Crippen LogP contribution in [0.25, 0.3) is 0 Å². The SMILES string of the molecule is CCOc1ccc(NC(=S)Nc2ccccc2C(=O)NC(C)c2ccccc2)cc1. The molecule has 5 nitrogen and oxygen atoms in total. The van der Waals surface area contributed by atoms with Crippen LogP contribution in [0.3, 0.4) is 0 Å². The number of benzene rings is 3. The third-order valence-corrected chi connectivity index (χ3v) is 4.69. The molecule has 0 saturated carbocycles. The number of amides is 1. The fraction of sp³-hybridized carbons (Fsp3) is 0.167. The van der Waals surface area contributed by atoms with E-state index < -0.39 is 0 Å². The van der Waals surface area contributed by atoms with Gasteiger partial charge in [-0.2, -0.15) is 0 Å². The Kier molecular flexibility index (Phi) is 7.40. The normalized spacial score (nSPS) is 11.3. The van der Waals surface area contributed by atoms with Gasteiger partial charge in [0.2, 0.25) is 0 Å². The molecule has 1 unspecified atom stereocenters. The molecule has 0 radical (unpaired) electrons. The van der Waals surface area contributed by atoms with Gasteiger partial charge in [-0.3, -0.25) is 4.79 Å². The molecule has 1 amide bonds. The van der Waals surface area contributed by atoms with Gasteiger partial charge < -0.3 is 20.7 Å². The molecule has 3 rings (SSSR count). The standard InChI is InChI=1S/C24H25N3O2S/c1-3-29-20-15-13-19(14-16-20)26-24(30)27-22-12-8-7-11-21(22)23(28)25-17(2)18-9-5-4-6-10-18/h4-17H,3H2,1-2H3,(H,25,28)(H2,26,27,30). The fourth-order valence-electron chi connectivity index (χ4n) is 2.98. The van der Waals surface area contributed by atoms with Gasteiger partial charge >= 0.3 is 0 Å². The number of hydrogen-bond acceptors (Lipinski definition) is 3. The van der Waals surface area contributed by atoms with Crippen molar-refractivity contribution in [1.82, 2.24) is 5.32 Å². The predicted octanol–water partition coefficient (Wildman–Crippen LogP) is 5.39. The zero-order valence-corrected chi connectivity index (χ0v) is 17.8. The van der Waals surface area contributed by atoms with Gasteiger partial charge in [0.15, 0.2) is 5.11 Å². The van der Waals surface area contributed by atoms with E-state index in [-0.39, 0.29) is 11.9 Å². The molecule has 0 aliphatic rings. The molecule has 0 bridgehead atoms. The summed E-state index contributed by atoms with van der Waals surface area (Å²) in [5.41, 5.74) is 3.04. The van der Waals surface area contributed by atoms with Crippen LogP contribution in [0.5, 0.6) is 5.75 Å². The van der Waals surface area contributed by atoms with Crippen molar-refractivity contribution in [3.63, 3.8) is 0 Å². The van der Waals surface area contributed by atoms with Crippen LogP contribution < -0.4 is 20.7 Å². The van der Waals surface area contributed by atoms with Crippen LogP contribution in [0, 0.1) is 0 Å². The highest BCUT2D eigenvalue weighted by Gasteiger charge is 2.15. The van der Waals surface area contributed by atoms with E-state index in [0.717, 1.165) is 17.0 Å². The molecular weight excluding hydrogens is 394 g/mol. The molecule has 3 aromatic carbocycles. The summed E-state index contributed by atoms with van der Waals surface area (Å²) in [5.74, 6) is 0.634. The number of thiocarbonyl (C=S) groups is 1. The van der Waals surface area contributed by atoms with E-state index in [2.05, 4.69) is 16.0 Å². The first-order chi connectivity index (χ1) is 14.6. The lowest BCUT2D eigenvalue weighted by Gasteiger charge is -2.17. The minimum absolute atomic E-state index is 0.110. The lowest BCUT2D eigenvalue weighted by molar-refractivity contribution is 0.0941. The molecule has 3 aromatic rings. The Balaban J connectivity index is 1.65. The van der Waals surface area contributed by atoms with Crippen molar-refractivity contribution in [2.24, 2.45) is 0 Å². The number of carbonyl (C=O) groups is 1. The Morgan fingerprint density at radius 3 is 2.30 bits per heavy atom. The van der Waals surface area contributed by atoms with E-state index in [1.807, 2.05) is 86.6 Å². The van der Waals surface area contributed by atoms with Crippen LogP contribution in [-0.2, 0) is 0 Å². The Morgan fingerprint density at radius 1 is 0.933 bits per heavy atom. The number of anilines is 2. The van der Waals surface area contributed by atoms with Crippen molar-refractivity contribution in [2.45, 2.75) is 19.9 Å². The highest BCUT2D eigenvalue weighted by molar-refractivity contribution is 7.80. The van der Waals surface area contributed by atoms with Crippen LogP contribution in [0.1, 0.15) is 35.8 Å². The number of para-hydroxylation sites is 1. The van der Waals surface area contributed by atoms with E-state index in [0.29, 0.717) is 23.0 Å². The predicted molar refractivity (Wildman–Crippen MR) is 126 cm³/mol. The van der Waals surface area contributed by atoms with Gasteiger partial charge in [-0.15, -0.1) is 0 Å². The minimum atomic E-state index is -0.168. The second-order valence-electron chi connectivity index (χ2n) is 6.69. The Hall–Kier alpha value is -3.38. The van der Waals surface area contributed by atoms with Gasteiger partial charge in [0.25, 0.3) is 5.91 Å². The first-order valence-electron chi connectivity index (χ1n) is 9.82. The van der Waals surface area contributed by atoms with E-state index >= 15 is 0 Å². The molecule has 0 aromatic heterocycles. The van der Waals surface area contributed by atoms with Gasteiger partial charge in [-0.05, 0) is 68.0 Å². The number of hydrogen-bond donors (Lipinski definition) is 3. The van der Waals surface area contributed by atoms with Gasteiger partial charge in [0.1, 0.15) is 5.75 Å². The van der Waals surface area contributed by atoms with Crippen LogP contribution >= 0.6 is 12.2 Å². The van der Waals surface area contributed by atoms with Crippen molar-refractivity contribution in [1.29, 1.82) is 0 Å². The third-order valence-electron chi connectivity index (χ3n) is 4.49. The van der Waals surface area contributed by atoms with Gasteiger partial charge in [0, 0.05) is 5.69 Å². The molecule has 30 heavy (non-hydrogen) atoms. The minimum Gasteiger partial charge on any atom is -0.494 e. The monoisotopic (exact) mass is 419 g/mol. The van der Waals surface area contributed by atoms with Gasteiger partial charge in [-0.1, -0.05) is 42.5 Å². The molecule has 0 fully saturated rings. The molecule has 0 saturated heterocycles. The van der Waals surface area contributed by atoms with Gasteiger partial charge in [0.05, 0.1) is 23.9 Å². The van der Waals surface area contributed by atoms with Gasteiger partial charge in [-0.25, -0.2) is 0 Å². The second kappa shape index (κ2) is 10.4. The molecule has 6 heteroatoms. The quantitative estimate of drug-likeness (QED) is 0.449. The maximum absolute atomic E-state index is 12.9. The summed E-state index contributed by atoms with van der Waals surface area (Å²) in [5, 5.41) is 9.68. The highest BCUT2D eigenvalue weighted by atomic mass is 32.1. The average molecular weight is 420 g/mol. The first-order valence-corrected chi connectivity index (χ1v) is 10.2. The molecule has 0 aliphatic heterocycles. The zero-order chi connectivity index (χ0) is 21.3. The summed E-state index contributed by atoms with van der Waals surface area (Å²) < 4.78 is 5.45. The third kappa shape index (κ3) is 5.81. The lowest BCUT2D eigenvalue weighted by atomic mass is 10.1. The molecule has 154 valence electrons. The second-order valence-corrected chi connectivity index (χ2v) is 7.10. The van der Waals surface area contributed by atoms with Crippen molar-refractivity contribution in [2.75, 3.05) is 17.2 Å². The largest absolute Gasteiger partial charge is 0.494 e. The maximum atomic E-state index is 12.9. The summed E-state index contributed by atoms with van der Waals surface area (Å²) in [6.45, 7) is 4.52. The molecule has 0 spiro atoms. The fourth-order valence-corrected chi connectivity index (χ4v) is 3.20. The van der Waals surface area contributed by atoms with E-state index in [1.165, 1.54) is 0 Å². The lowest BCUT2D eigenvalue weighted by Crippen LogP contribution is -2.28. The van der Waals surface area contributed by atoms with Crippen LogP contribution in [-0.4, -0.2) is 17.6 Å². The summed E-state index contributed by atoms with van der Waals surface area (Å²) in [7, 11) is 0. The number of nitrogens with one attached hydrogen (secondary N) is 3. The van der Waals surface area contributed by atoms with Crippen molar-refractivity contribution in [3.8, 4) is 5.75 Å². The molecule has 3 N–H and O–H groups in total. The van der Waals surface area contributed by atoms with Crippen molar-refractivity contribution < 1.29 is 9.53 Å². The Bertz CT molecular complexity index is 991. The van der Waals surface area contributed by atoms with E-state index in [4.69, 9.17) is 17.0 Å². The molecule has 1 atom stereocenters. The topological polar surface area (TPSA) is 62.4 Å². The van der Waals surface area contributed by atoms with Crippen LogP contribution in [0.15, 0.2) is 78.9 Å². The van der Waals surface area contributed by atoms with E-state index in [9.17, 15) is 4.79 Å². The average Bonchev–Trinajstić information content (AvgIpc) is 2.76. The maximum Gasteiger partial charge on any atom is 0.253 e. The number of rotatable bonds is 7. The summed E-state index contributed by atoms with van der Waals surface area (Å²) >= 11 is 5.43.